The Morgan fingerprint density at radius 1 is 0.0783 bits per heavy atom. The molecule has 0 aliphatic carbocycles. The van der Waals surface area contributed by atoms with Gasteiger partial charge in [-0.3, -0.25) is 0 Å². The third kappa shape index (κ3) is 106. The Labute approximate surface area is 734 Å². The molecule has 0 bridgehead atoms. The van der Waals surface area contributed by atoms with Crippen LogP contribution < -0.4 is 0 Å². The van der Waals surface area contributed by atoms with Crippen molar-refractivity contribution in [2.24, 2.45) is 11.8 Å². The Morgan fingerprint density at radius 2 is 0.139 bits per heavy atom. The first-order valence-electron chi connectivity index (χ1n) is 57.3. The standard InChI is InChI=1S/C115H232/c1-5-9-13-17-21-25-29-33-37-41-45-49-53-57-60-61-64-68-72-76-80-84-88-92-96-100-104-108-112-114(109-105-101-97-93-89-85-81-77-73-69-65-56-52-48-44-40-36-32-28-24-20-16-12-8-4)113-115(110-106-102-98-94-90-86-82-78-74-70-66-62-58-54-50-46-42-38-34-30-26-22-18-14-10-6-2)111-107-103-99-95-91-87-83-79-75-71-67-63-59-55-51-47-43-39-35-31-27-23-19-15-11-7-3/h114-115H,5-113H2,1-4H3. The van der Waals surface area contributed by atoms with Crippen molar-refractivity contribution in [2.75, 3.05) is 0 Å². The van der Waals surface area contributed by atoms with E-state index in [0.29, 0.717) is 0 Å². The molecule has 1 atom stereocenters. The fourth-order valence-electron chi connectivity index (χ4n) is 20.2. The molecule has 0 heterocycles. The van der Waals surface area contributed by atoms with Crippen molar-refractivity contribution in [3.8, 4) is 0 Å². The number of unbranched alkanes of at least 4 members (excludes halogenated alkanes) is 100. The second-order valence-corrected chi connectivity index (χ2v) is 40.5. The van der Waals surface area contributed by atoms with Crippen LogP contribution in [0.2, 0.25) is 0 Å². The molecule has 0 aromatic rings. The van der Waals surface area contributed by atoms with Crippen molar-refractivity contribution in [1.82, 2.24) is 0 Å². The second kappa shape index (κ2) is 110. The van der Waals surface area contributed by atoms with Crippen LogP contribution in [0.25, 0.3) is 0 Å². The molecule has 0 saturated carbocycles. The van der Waals surface area contributed by atoms with Crippen molar-refractivity contribution in [3.05, 3.63) is 0 Å². The lowest BCUT2D eigenvalue weighted by Crippen LogP contribution is -2.11. The summed E-state index contributed by atoms with van der Waals surface area (Å²) in [5, 5.41) is 0. The SMILES string of the molecule is CCCCCCCCCCCCCCCCCCCCCCCCCCCCCCC(CCCCCCCCCCCCCCCCCCCCCCCCCC)CC(CCCCCCCCCCCCCCCCCCCCCCCCCCCC)CCCCCCCCCCCCCCCCCCCCCCCCCCCC. The molecule has 0 amide bonds. The van der Waals surface area contributed by atoms with E-state index in [9.17, 15) is 0 Å². The molecule has 0 rings (SSSR count). The fraction of sp³-hybridized carbons (Fsp3) is 1.00. The van der Waals surface area contributed by atoms with E-state index in [1.807, 2.05) is 0 Å². The number of rotatable bonds is 110. The summed E-state index contributed by atoms with van der Waals surface area (Å²) >= 11 is 0. The van der Waals surface area contributed by atoms with Gasteiger partial charge in [-0.2, -0.15) is 0 Å². The van der Waals surface area contributed by atoms with Gasteiger partial charge in [0.15, 0.2) is 0 Å². The Hall–Kier alpha value is 0. The van der Waals surface area contributed by atoms with Crippen LogP contribution in [0.4, 0.5) is 0 Å². The molecule has 1 unspecified atom stereocenters. The van der Waals surface area contributed by atoms with Crippen LogP contribution in [0.3, 0.4) is 0 Å². The zero-order valence-electron chi connectivity index (χ0n) is 82.2. The van der Waals surface area contributed by atoms with Gasteiger partial charge in [0.25, 0.3) is 0 Å². The summed E-state index contributed by atoms with van der Waals surface area (Å²) in [6.07, 6.45) is 163. The maximum absolute atomic E-state index is 2.33. The minimum absolute atomic E-state index is 1.00. The highest BCUT2D eigenvalue weighted by molar-refractivity contribution is 4.71. The van der Waals surface area contributed by atoms with Gasteiger partial charge in [0.2, 0.25) is 0 Å². The molecule has 0 radical (unpaired) electrons. The third-order valence-corrected chi connectivity index (χ3v) is 28.5. The van der Waals surface area contributed by atoms with Gasteiger partial charge in [-0.15, -0.1) is 0 Å². The summed E-state index contributed by atoms with van der Waals surface area (Å²) in [7, 11) is 0. The van der Waals surface area contributed by atoms with Crippen LogP contribution in [0.1, 0.15) is 728 Å². The smallest absolute Gasteiger partial charge is 0.0412 e. The zero-order chi connectivity index (χ0) is 82.2. The lowest BCUT2D eigenvalue weighted by molar-refractivity contribution is 0.282. The highest BCUT2D eigenvalue weighted by Crippen LogP contribution is 2.33. The Morgan fingerprint density at radius 3 is 0.209 bits per heavy atom. The van der Waals surface area contributed by atoms with Crippen molar-refractivity contribution in [3.63, 3.8) is 0 Å². The largest absolute Gasteiger partial charge is 0.0654 e. The van der Waals surface area contributed by atoms with E-state index in [4.69, 9.17) is 0 Å². The third-order valence-electron chi connectivity index (χ3n) is 28.5. The molecule has 0 spiro atoms. The Balaban J connectivity index is 4.96. The molecule has 0 aromatic heterocycles. The monoisotopic (exact) mass is 1610 g/mol. The van der Waals surface area contributed by atoms with E-state index in [0.717, 1.165) is 11.8 Å². The van der Waals surface area contributed by atoms with Crippen molar-refractivity contribution in [2.45, 2.75) is 728 Å². The normalized spacial score (nSPS) is 12.2. The van der Waals surface area contributed by atoms with Crippen molar-refractivity contribution >= 4 is 0 Å². The minimum Gasteiger partial charge on any atom is -0.0654 e. The summed E-state index contributed by atoms with van der Waals surface area (Å²) in [6.45, 7) is 9.32. The first kappa shape index (κ1) is 115. The van der Waals surface area contributed by atoms with Gasteiger partial charge >= 0.3 is 0 Å². The molecule has 115 heavy (non-hydrogen) atoms. The van der Waals surface area contributed by atoms with Crippen LogP contribution in [-0.4, -0.2) is 0 Å². The summed E-state index contributed by atoms with van der Waals surface area (Å²) < 4.78 is 0. The molecule has 0 saturated heterocycles. The predicted octanol–water partition coefficient (Wildman–Crippen LogP) is 44.8. The van der Waals surface area contributed by atoms with E-state index in [-0.39, 0.29) is 0 Å². The van der Waals surface area contributed by atoms with Gasteiger partial charge in [-0.1, -0.05) is 721 Å². The first-order chi connectivity index (χ1) is 57.3. The maximum Gasteiger partial charge on any atom is -0.0412 e. The molecule has 0 aromatic carbocycles. The molecule has 0 nitrogen and oxygen atoms in total. The summed E-state index contributed by atoms with van der Waals surface area (Å²) in [5.41, 5.74) is 0. The average Bonchev–Trinajstić information content (AvgIpc) is 0.945. The van der Waals surface area contributed by atoms with Crippen LogP contribution in [0, 0.1) is 11.8 Å². The van der Waals surface area contributed by atoms with Crippen LogP contribution in [-0.2, 0) is 0 Å². The van der Waals surface area contributed by atoms with Crippen LogP contribution in [0.5, 0.6) is 0 Å². The lowest BCUT2D eigenvalue weighted by atomic mass is 9.81. The maximum atomic E-state index is 2.33. The molecule has 0 heteroatoms. The molecule has 0 aliphatic heterocycles. The van der Waals surface area contributed by atoms with E-state index in [2.05, 4.69) is 27.7 Å². The highest BCUT2D eigenvalue weighted by Gasteiger charge is 2.18. The van der Waals surface area contributed by atoms with E-state index in [1.165, 1.54) is 668 Å². The summed E-state index contributed by atoms with van der Waals surface area (Å²) in [4.78, 5) is 0. The quantitative estimate of drug-likeness (QED) is 0.0533. The van der Waals surface area contributed by atoms with Crippen LogP contribution >= 0.6 is 0 Å². The summed E-state index contributed by atoms with van der Waals surface area (Å²) in [5.74, 6) is 2.00. The summed E-state index contributed by atoms with van der Waals surface area (Å²) in [6, 6.07) is 0. The van der Waals surface area contributed by atoms with Gasteiger partial charge in [-0.05, 0) is 18.3 Å². The van der Waals surface area contributed by atoms with Gasteiger partial charge < -0.3 is 0 Å². The van der Waals surface area contributed by atoms with Gasteiger partial charge in [0.1, 0.15) is 0 Å². The highest BCUT2D eigenvalue weighted by atomic mass is 14.2. The topological polar surface area (TPSA) is 0 Å². The van der Waals surface area contributed by atoms with Crippen LogP contribution in [0.15, 0.2) is 0 Å². The second-order valence-electron chi connectivity index (χ2n) is 40.5. The molecular formula is C115H232. The Bertz CT molecular complexity index is 1510. The Kier molecular flexibility index (Phi) is 110. The lowest BCUT2D eigenvalue weighted by Gasteiger charge is -2.24. The molecule has 0 N–H and O–H groups in total. The minimum atomic E-state index is 1.00. The molecule has 0 aliphatic rings. The predicted molar refractivity (Wildman–Crippen MR) is 533 cm³/mol. The number of hydrogen-bond donors (Lipinski definition) is 0. The fourth-order valence-corrected chi connectivity index (χ4v) is 20.2. The van der Waals surface area contributed by atoms with Gasteiger partial charge in [0, 0.05) is 0 Å². The first-order valence-corrected chi connectivity index (χ1v) is 57.3. The molecule has 0 fully saturated rings. The van der Waals surface area contributed by atoms with Gasteiger partial charge in [-0.25, -0.2) is 0 Å². The van der Waals surface area contributed by atoms with E-state index >= 15 is 0 Å². The average molecular weight is 1620 g/mol. The molecule has 692 valence electrons. The van der Waals surface area contributed by atoms with E-state index < -0.39 is 0 Å². The van der Waals surface area contributed by atoms with Crippen molar-refractivity contribution < 1.29 is 0 Å². The molecular weight excluding hydrogens is 1380 g/mol. The van der Waals surface area contributed by atoms with Crippen molar-refractivity contribution in [1.29, 1.82) is 0 Å². The van der Waals surface area contributed by atoms with E-state index in [1.54, 1.807) is 32.1 Å². The van der Waals surface area contributed by atoms with Gasteiger partial charge in [0.05, 0.1) is 0 Å². The zero-order valence-corrected chi connectivity index (χ0v) is 82.2. The number of hydrogen-bond acceptors (Lipinski definition) is 0.